The maximum absolute atomic E-state index is 11.8. The van der Waals surface area contributed by atoms with Crippen molar-refractivity contribution in [3.05, 3.63) is 68.6 Å². The summed E-state index contributed by atoms with van der Waals surface area (Å²) < 4.78 is 1.22. The summed E-state index contributed by atoms with van der Waals surface area (Å²) in [6, 6.07) is 10.7. The third-order valence-electron chi connectivity index (χ3n) is 3.28. The summed E-state index contributed by atoms with van der Waals surface area (Å²) in [5.74, 6) is -0.238. The van der Waals surface area contributed by atoms with Gasteiger partial charge in [-0.2, -0.15) is 5.26 Å². The number of nitro groups is 1. The van der Waals surface area contributed by atoms with Gasteiger partial charge in [0.2, 0.25) is 5.91 Å². The molecule has 8 nitrogen and oxygen atoms in total. The van der Waals surface area contributed by atoms with Gasteiger partial charge in [0.05, 0.1) is 22.8 Å². The van der Waals surface area contributed by atoms with Crippen molar-refractivity contribution in [1.29, 1.82) is 5.26 Å². The Balaban J connectivity index is 1.88. The minimum atomic E-state index is -0.576. The van der Waals surface area contributed by atoms with Crippen LogP contribution in [0, 0.1) is 21.4 Å². The van der Waals surface area contributed by atoms with Crippen LogP contribution in [0.2, 0.25) is 0 Å². The summed E-state index contributed by atoms with van der Waals surface area (Å²) in [7, 11) is 0. The van der Waals surface area contributed by atoms with Crippen LogP contribution in [0.4, 0.5) is 11.4 Å². The molecular formula is C16H14N4O4. The first-order chi connectivity index (χ1) is 11.5. The number of carbonyl (C=O) groups excluding carboxylic acids is 1. The molecule has 0 bridgehead atoms. The Labute approximate surface area is 137 Å². The highest BCUT2D eigenvalue weighted by molar-refractivity contribution is 5.90. The smallest absolute Gasteiger partial charge is 0.285 e. The molecule has 1 aromatic heterocycles. The van der Waals surface area contributed by atoms with Gasteiger partial charge in [-0.15, -0.1) is 0 Å². The highest BCUT2D eigenvalue weighted by Gasteiger charge is 2.08. The Hall–Kier alpha value is -3.47. The van der Waals surface area contributed by atoms with Crippen LogP contribution >= 0.6 is 0 Å². The number of amides is 1. The minimum absolute atomic E-state index is 0.162. The van der Waals surface area contributed by atoms with E-state index >= 15 is 0 Å². The Bertz CT molecular complexity index is 850. The Morgan fingerprint density at radius 2 is 1.96 bits per heavy atom. The van der Waals surface area contributed by atoms with Crippen molar-refractivity contribution < 1.29 is 9.72 Å². The van der Waals surface area contributed by atoms with Gasteiger partial charge in [0.25, 0.3) is 11.2 Å². The van der Waals surface area contributed by atoms with E-state index in [-0.39, 0.29) is 30.1 Å². The number of pyridine rings is 1. The summed E-state index contributed by atoms with van der Waals surface area (Å²) in [5, 5.41) is 22.1. The van der Waals surface area contributed by atoms with Crippen LogP contribution < -0.4 is 10.9 Å². The molecule has 0 aliphatic carbocycles. The second kappa shape index (κ2) is 7.69. The molecular weight excluding hydrogens is 312 g/mol. The van der Waals surface area contributed by atoms with E-state index in [0.717, 1.165) is 12.1 Å². The molecule has 0 aliphatic heterocycles. The molecule has 0 saturated carbocycles. The van der Waals surface area contributed by atoms with Gasteiger partial charge in [0.15, 0.2) is 0 Å². The molecule has 0 aliphatic rings. The van der Waals surface area contributed by atoms with Crippen LogP contribution in [0.5, 0.6) is 0 Å². The average molecular weight is 326 g/mol. The van der Waals surface area contributed by atoms with E-state index in [2.05, 4.69) is 5.32 Å². The fourth-order valence-corrected chi connectivity index (χ4v) is 2.06. The molecule has 122 valence electrons. The van der Waals surface area contributed by atoms with Crippen LogP contribution in [0.3, 0.4) is 0 Å². The number of nitrogens with zero attached hydrogens (tertiary/aromatic N) is 3. The van der Waals surface area contributed by atoms with Crippen molar-refractivity contribution in [2.45, 2.75) is 19.4 Å². The maximum Gasteiger partial charge on any atom is 0.285 e. The summed E-state index contributed by atoms with van der Waals surface area (Å²) >= 11 is 0. The quantitative estimate of drug-likeness (QED) is 0.643. The van der Waals surface area contributed by atoms with Gasteiger partial charge in [-0.1, -0.05) is 0 Å². The van der Waals surface area contributed by atoms with Gasteiger partial charge >= 0.3 is 0 Å². The predicted molar refractivity (Wildman–Crippen MR) is 86.4 cm³/mol. The topological polar surface area (TPSA) is 118 Å². The molecule has 1 amide bonds. The number of aryl methyl sites for hydroxylation is 1. The molecule has 24 heavy (non-hydrogen) atoms. The molecule has 0 unspecified atom stereocenters. The minimum Gasteiger partial charge on any atom is -0.326 e. The SMILES string of the molecule is N#Cc1ccc(NC(=O)CCCn2cc([N+](=O)[O-])ccc2=O)cc1. The van der Waals surface area contributed by atoms with Crippen molar-refractivity contribution in [1.82, 2.24) is 4.57 Å². The van der Waals surface area contributed by atoms with Crippen molar-refractivity contribution in [3.63, 3.8) is 0 Å². The number of carbonyl (C=O) groups is 1. The molecule has 1 N–H and O–H groups in total. The number of hydrogen-bond acceptors (Lipinski definition) is 5. The van der Waals surface area contributed by atoms with Crippen molar-refractivity contribution in [3.8, 4) is 6.07 Å². The van der Waals surface area contributed by atoms with Crippen LogP contribution in [0.15, 0.2) is 47.4 Å². The zero-order valence-electron chi connectivity index (χ0n) is 12.6. The molecule has 0 spiro atoms. The fourth-order valence-electron chi connectivity index (χ4n) is 2.06. The third kappa shape index (κ3) is 4.51. The lowest BCUT2D eigenvalue weighted by Crippen LogP contribution is -2.20. The Morgan fingerprint density at radius 1 is 1.25 bits per heavy atom. The molecule has 0 saturated heterocycles. The molecule has 1 heterocycles. The van der Waals surface area contributed by atoms with Gasteiger partial charge in [-0.3, -0.25) is 19.7 Å². The van der Waals surface area contributed by atoms with Crippen molar-refractivity contribution in [2.24, 2.45) is 0 Å². The summed E-state index contributed by atoms with van der Waals surface area (Å²) in [4.78, 5) is 33.6. The van der Waals surface area contributed by atoms with Gasteiger partial charge < -0.3 is 9.88 Å². The second-order valence-corrected chi connectivity index (χ2v) is 5.02. The van der Waals surface area contributed by atoms with Crippen molar-refractivity contribution in [2.75, 3.05) is 5.32 Å². The largest absolute Gasteiger partial charge is 0.326 e. The van der Waals surface area contributed by atoms with E-state index in [1.165, 1.54) is 10.8 Å². The van der Waals surface area contributed by atoms with Gasteiger partial charge in [0.1, 0.15) is 0 Å². The van der Waals surface area contributed by atoms with E-state index in [9.17, 15) is 19.7 Å². The second-order valence-electron chi connectivity index (χ2n) is 5.02. The molecule has 2 aromatic rings. The van der Waals surface area contributed by atoms with Crippen LogP contribution in [-0.2, 0) is 11.3 Å². The molecule has 2 rings (SSSR count). The lowest BCUT2D eigenvalue weighted by atomic mass is 10.2. The van der Waals surface area contributed by atoms with Crippen LogP contribution in [0.1, 0.15) is 18.4 Å². The highest BCUT2D eigenvalue weighted by atomic mass is 16.6. The van der Waals surface area contributed by atoms with Crippen LogP contribution in [-0.4, -0.2) is 15.4 Å². The number of rotatable bonds is 6. The van der Waals surface area contributed by atoms with E-state index in [1.807, 2.05) is 6.07 Å². The van der Waals surface area contributed by atoms with E-state index in [4.69, 9.17) is 5.26 Å². The maximum atomic E-state index is 11.8. The first-order valence-corrected chi connectivity index (χ1v) is 7.14. The van der Waals surface area contributed by atoms with E-state index in [1.54, 1.807) is 24.3 Å². The normalized spacial score (nSPS) is 9.96. The molecule has 0 radical (unpaired) electrons. The summed E-state index contributed by atoms with van der Waals surface area (Å²) in [6.45, 7) is 0.210. The first kappa shape index (κ1) is 16.9. The standard InChI is InChI=1S/C16H14N4O4/c17-10-12-3-5-13(6-4-12)18-15(21)2-1-9-19-11-14(20(23)24)7-8-16(19)22/h3-8,11H,1-2,9H2,(H,18,21). The number of benzene rings is 1. The monoisotopic (exact) mass is 326 g/mol. The molecule has 8 heteroatoms. The predicted octanol–water partition coefficient (Wildman–Crippen LogP) is 2.05. The molecule has 0 atom stereocenters. The third-order valence-corrected chi connectivity index (χ3v) is 3.28. The number of anilines is 1. The summed E-state index contributed by atoms with van der Waals surface area (Å²) in [6.07, 6.45) is 1.69. The van der Waals surface area contributed by atoms with Crippen molar-refractivity contribution >= 4 is 17.3 Å². The summed E-state index contributed by atoms with van der Waals surface area (Å²) in [5.41, 5.74) is 0.550. The number of aromatic nitrogens is 1. The average Bonchev–Trinajstić information content (AvgIpc) is 2.57. The fraction of sp³-hybridized carbons (Fsp3) is 0.188. The Kier molecular flexibility index (Phi) is 5.41. The zero-order chi connectivity index (χ0) is 17.5. The van der Waals surface area contributed by atoms with Gasteiger partial charge in [0, 0.05) is 30.8 Å². The van der Waals surface area contributed by atoms with Gasteiger partial charge in [-0.05, 0) is 30.7 Å². The van der Waals surface area contributed by atoms with E-state index in [0.29, 0.717) is 17.7 Å². The first-order valence-electron chi connectivity index (χ1n) is 7.14. The van der Waals surface area contributed by atoms with Gasteiger partial charge in [-0.25, -0.2) is 0 Å². The highest BCUT2D eigenvalue weighted by Crippen LogP contribution is 2.10. The number of hydrogen-bond donors (Lipinski definition) is 1. The number of nitrogens with one attached hydrogen (secondary N) is 1. The lowest BCUT2D eigenvalue weighted by Gasteiger charge is -2.07. The van der Waals surface area contributed by atoms with E-state index < -0.39 is 4.92 Å². The lowest BCUT2D eigenvalue weighted by molar-refractivity contribution is -0.385. The molecule has 1 aromatic carbocycles. The zero-order valence-corrected chi connectivity index (χ0v) is 12.6. The Morgan fingerprint density at radius 3 is 2.58 bits per heavy atom. The number of nitriles is 1. The van der Waals surface area contributed by atoms with Crippen LogP contribution in [0.25, 0.3) is 0 Å². The molecule has 0 fully saturated rings.